The van der Waals surface area contributed by atoms with Crippen molar-refractivity contribution in [2.45, 2.75) is 59.2 Å². The normalized spacial score (nSPS) is 20.6. The van der Waals surface area contributed by atoms with E-state index in [0.29, 0.717) is 5.92 Å². The third-order valence-corrected chi connectivity index (χ3v) is 4.41. The van der Waals surface area contributed by atoms with Gasteiger partial charge in [0.1, 0.15) is 0 Å². The second kappa shape index (κ2) is 5.98. The van der Waals surface area contributed by atoms with Crippen molar-refractivity contribution in [1.29, 1.82) is 0 Å². The maximum absolute atomic E-state index is 6.16. The molecule has 1 aliphatic heterocycles. The first-order chi connectivity index (χ1) is 9.73. The van der Waals surface area contributed by atoms with E-state index in [4.69, 9.17) is 9.31 Å². The van der Waals surface area contributed by atoms with Crippen molar-refractivity contribution in [3.63, 3.8) is 0 Å². The Morgan fingerprint density at radius 2 is 1.62 bits per heavy atom. The number of benzene rings is 1. The van der Waals surface area contributed by atoms with Crippen LogP contribution in [-0.2, 0) is 9.31 Å². The summed E-state index contributed by atoms with van der Waals surface area (Å²) >= 11 is 0. The molecule has 1 aromatic carbocycles. The van der Waals surface area contributed by atoms with E-state index in [1.165, 1.54) is 5.56 Å². The molecule has 21 heavy (non-hydrogen) atoms. The largest absolute Gasteiger partial charge is 0.495 e. The molecule has 0 unspecified atom stereocenters. The van der Waals surface area contributed by atoms with Crippen LogP contribution in [0, 0.1) is 5.92 Å². The molecule has 1 saturated heterocycles. The zero-order valence-electron chi connectivity index (χ0n) is 14.1. The van der Waals surface area contributed by atoms with Gasteiger partial charge in [0, 0.05) is 0 Å². The van der Waals surface area contributed by atoms with E-state index >= 15 is 0 Å². The van der Waals surface area contributed by atoms with Gasteiger partial charge in [0.2, 0.25) is 0 Å². The Morgan fingerprint density at radius 1 is 1.05 bits per heavy atom. The third kappa shape index (κ3) is 3.59. The van der Waals surface area contributed by atoms with Gasteiger partial charge in [0.05, 0.1) is 11.2 Å². The van der Waals surface area contributed by atoms with E-state index in [9.17, 15) is 0 Å². The van der Waals surface area contributed by atoms with Crippen molar-refractivity contribution in [3.05, 3.63) is 35.9 Å². The van der Waals surface area contributed by atoms with E-state index in [-0.39, 0.29) is 18.3 Å². The van der Waals surface area contributed by atoms with Crippen molar-refractivity contribution in [3.8, 4) is 0 Å². The van der Waals surface area contributed by atoms with Crippen LogP contribution in [0.4, 0.5) is 0 Å². The highest BCUT2D eigenvalue weighted by Crippen LogP contribution is 2.36. The lowest BCUT2D eigenvalue weighted by molar-refractivity contribution is 0.00578. The van der Waals surface area contributed by atoms with Gasteiger partial charge in [-0.25, -0.2) is 0 Å². The monoisotopic (exact) mass is 286 g/mol. The van der Waals surface area contributed by atoms with Gasteiger partial charge in [-0.2, -0.15) is 0 Å². The first-order valence-corrected chi connectivity index (χ1v) is 7.84. The predicted molar refractivity (Wildman–Crippen MR) is 90.6 cm³/mol. The predicted octanol–water partition coefficient (Wildman–Crippen LogP) is 4.05. The summed E-state index contributed by atoms with van der Waals surface area (Å²) in [5.74, 6) is 0.672. The molecule has 0 N–H and O–H groups in total. The minimum Gasteiger partial charge on any atom is -0.399 e. The summed E-state index contributed by atoms with van der Waals surface area (Å²) in [4.78, 5) is 0. The highest BCUT2D eigenvalue weighted by atomic mass is 16.7. The Morgan fingerprint density at radius 3 is 2.19 bits per heavy atom. The van der Waals surface area contributed by atoms with Crippen LogP contribution in [0.15, 0.2) is 30.3 Å². The van der Waals surface area contributed by atoms with Crippen molar-refractivity contribution in [1.82, 2.24) is 0 Å². The van der Waals surface area contributed by atoms with Crippen LogP contribution in [0.5, 0.6) is 0 Å². The molecular weight excluding hydrogens is 259 g/mol. The van der Waals surface area contributed by atoms with Crippen LogP contribution in [0.2, 0.25) is 0 Å². The molecule has 0 aromatic heterocycles. The summed E-state index contributed by atoms with van der Waals surface area (Å²) in [7, 11) is -0.296. The smallest absolute Gasteiger partial charge is 0.399 e. The molecule has 0 spiro atoms. The van der Waals surface area contributed by atoms with E-state index in [1.807, 2.05) is 6.07 Å². The van der Waals surface area contributed by atoms with Crippen LogP contribution in [-0.4, -0.2) is 18.3 Å². The summed E-state index contributed by atoms with van der Waals surface area (Å²) in [5, 5.41) is 0. The maximum atomic E-state index is 6.16. The lowest BCUT2D eigenvalue weighted by Crippen LogP contribution is -2.41. The fraction of sp³-hybridized carbons (Fsp3) is 0.556. The molecule has 0 atom stereocenters. The van der Waals surface area contributed by atoms with Gasteiger partial charge in [0.15, 0.2) is 0 Å². The molecule has 0 saturated carbocycles. The van der Waals surface area contributed by atoms with Gasteiger partial charge in [-0.15, -0.1) is 0 Å². The molecule has 0 aliphatic carbocycles. The molecule has 0 bridgehead atoms. The summed E-state index contributed by atoms with van der Waals surface area (Å²) in [6.07, 6.45) is 5.49. The molecule has 0 radical (unpaired) electrons. The molecule has 3 heteroatoms. The maximum Gasteiger partial charge on any atom is 0.495 e. The Labute approximate surface area is 129 Å². The Bertz CT molecular complexity index is 502. The van der Waals surface area contributed by atoms with Crippen LogP contribution < -0.4 is 5.46 Å². The van der Waals surface area contributed by atoms with Gasteiger partial charge in [-0.1, -0.05) is 50.3 Å². The van der Waals surface area contributed by atoms with Crippen molar-refractivity contribution < 1.29 is 9.31 Å². The molecule has 1 fully saturated rings. The van der Waals surface area contributed by atoms with Crippen LogP contribution in [0.25, 0.3) is 6.08 Å². The Hall–Kier alpha value is -1.06. The Kier molecular flexibility index (Phi) is 4.65. The highest BCUT2D eigenvalue weighted by Gasteiger charge is 2.52. The minimum atomic E-state index is -0.299. The van der Waals surface area contributed by atoms with Crippen LogP contribution in [0.3, 0.4) is 0 Å². The van der Waals surface area contributed by atoms with E-state index < -0.39 is 0 Å². The minimum absolute atomic E-state index is 0.296. The fourth-order valence-corrected chi connectivity index (χ4v) is 2.31. The molecular formula is C18H27BO2. The van der Waals surface area contributed by atoms with Crippen LogP contribution >= 0.6 is 0 Å². The zero-order chi connectivity index (χ0) is 15.7. The number of hydrogen-bond donors (Lipinski definition) is 0. The van der Waals surface area contributed by atoms with E-state index in [2.05, 4.69) is 71.9 Å². The lowest BCUT2D eigenvalue weighted by Gasteiger charge is -2.32. The first kappa shape index (κ1) is 16.3. The molecule has 1 heterocycles. The fourth-order valence-electron chi connectivity index (χ4n) is 2.31. The van der Waals surface area contributed by atoms with Gasteiger partial charge in [0.25, 0.3) is 0 Å². The molecule has 1 aliphatic rings. The summed E-state index contributed by atoms with van der Waals surface area (Å²) < 4.78 is 12.3. The third-order valence-electron chi connectivity index (χ3n) is 4.41. The Balaban J connectivity index is 2.24. The van der Waals surface area contributed by atoms with Crippen molar-refractivity contribution in [2.24, 2.45) is 5.92 Å². The topological polar surface area (TPSA) is 18.5 Å². The number of hydrogen-bond acceptors (Lipinski definition) is 2. The van der Waals surface area contributed by atoms with Gasteiger partial charge >= 0.3 is 7.12 Å². The van der Waals surface area contributed by atoms with Gasteiger partial charge < -0.3 is 9.31 Å². The standard InChI is InChI=1S/C18H27BO2/c1-14(2)10-9-12-15-11-7-8-13-16(15)19-20-17(3,4)18(5,6)21-19/h7-9,11-14H,10H2,1-6H3/b12-9-. The molecule has 2 rings (SSSR count). The van der Waals surface area contributed by atoms with Crippen LogP contribution in [0.1, 0.15) is 53.5 Å². The SMILES string of the molecule is CC(C)C/C=C\c1ccccc1B1OC(C)(C)C(C)(C)O1. The summed E-state index contributed by atoms with van der Waals surface area (Å²) in [5.41, 5.74) is 1.69. The lowest BCUT2D eigenvalue weighted by atomic mass is 9.76. The highest BCUT2D eigenvalue weighted by molar-refractivity contribution is 6.63. The van der Waals surface area contributed by atoms with Crippen molar-refractivity contribution >= 4 is 18.7 Å². The number of allylic oxidation sites excluding steroid dienone is 1. The van der Waals surface area contributed by atoms with Crippen molar-refractivity contribution in [2.75, 3.05) is 0 Å². The average molecular weight is 286 g/mol. The second-order valence-corrected chi connectivity index (χ2v) is 7.25. The van der Waals surface area contributed by atoms with Gasteiger partial charge in [-0.3, -0.25) is 0 Å². The second-order valence-electron chi connectivity index (χ2n) is 7.25. The number of rotatable bonds is 4. The van der Waals surface area contributed by atoms with E-state index in [0.717, 1.165) is 11.9 Å². The summed E-state index contributed by atoms with van der Waals surface area (Å²) in [6, 6.07) is 8.32. The molecule has 1 aromatic rings. The summed E-state index contributed by atoms with van der Waals surface area (Å²) in [6.45, 7) is 12.8. The van der Waals surface area contributed by atoms with Gasteiger partial charge in [-0.05, 0) is 51.1 Å². The zero-order valence-corrected chi connectivity index (χ0v) is 14.1. The molecule has 114 valence electrons. The quantitative estimate of drug-likeness (QED) is 0.778. The molecule has 0 amide bonds. The molecule has 2 nitrogen and oxygen atoms in total. The first-order valence-electron chi connectivity index (χ1n) is 7.84. The average Bonchev–Trinajstić information content (AvgIpc) is 2.58. The van der Waals surface area contributed by atoms with E-state index in [1.54, 1.807) is 0 Å².